The number of nitrogens with two attached hydrogens (primary N) is 1. The molecule has 0 aliphatic heterocycles. The predicted molar refractivity (Wildman–Crippen MR) is 113 cm³/mol. The van der Waals surface area contributed by atoms with Gasteiger partial charge in [-0.2, -0.15) is 0 Å². The summed E-state index contributed by atoms with van der Waals surface area (Å²) >= 11 is 5.11. The van der Waals surface area contributed by atoms with Gasteiger partial charge >= 0.3 is 0 Å². The third-order valence-electron chi connectivity index (χ3n) is 5.22. The van der Waals surface area contributed by atoms with Crippen molar-refractivity contribution in [3.63, 3.8) is 0 Å². The number of carbonyl (C=O) groups excluding carboxylic acids is 1. The number of pyridine rings is 1. The van der Waals surface area contributed by atoms with Crippen molar-refractivity contribution in [2.45, 2.75) is 25.2 Å². The molecule has 3 nitrogen and oxygen atoms in total. The monoisotopic (exact) mass is 436 g/mol. The van der Waals surface area contributed by atoms with Crippen LogP contribution in [-0.2, 0) is 6.42 Å². The number of carbonyl (C=O) groups is 1. The molecule has 2 aliphatic carbocycles. The highest BCUT2D eigenvalue weighted by molar-refractivity contribution is 9.10. The van der Waals surface area contributed by atoms with Crippen LogP contribution in [0.15, 0.2) is 57.9 Å². The van der Waals surface area contributed by atoms with Gasteiger partial charge in [-0.3, -0.25) is 9.78 Å². The molecule has 134 valence electrons. The third-order valence-corrected chi connectivity index (χ3v) is 6.65. The number of halogens is 1. The van der Waals surface area contributed by atoms with Crippen LogP contribution in [0.25, 0.3) is 16.1 Å². The van der Waals surface area contributed by atoms with Crippen LogP contribution in [0.4, 0.5) is 0 Å². The number of hydrogen-bond donors (Lipinski definition) is 1. The fourth-order valence-corrected chi connectivity index (χ4v) is 4.67. The molecule has 0 amide bonds. The van der Waals surface area contributed by atoms with Crippen LogP contribution in [0.1, 0.15) is 46.1 Å². The highest BCUT2D eigenvalue weighted by atomic mass is 79.9. The molecule has 3 aromatic rings. The van der Waals surface area contributed by atoms with Crippen LogP contribution >= 0.6 is 27.3 Å². The van der Waals surface area contributed by atoms with Gasteiger partial charge in [-0.25, -0.2) is 0 Å². The highest BCUT2D eigenvalue weighted by Gasteiger charge is 2.33. The first-order valence-electron chi connectivity index (χ1n) is 8.99. The third kappa shape index (κ3) is 2.95. The second kappa shape index (κ2) is 6.43. The minimum atomic E-state index is -0.0110. The lowest BCUT2D eigenvalue weighted by Gasteiger charge is -2.11. The van der Waals surface area contributed by atoms with E-state index in [0.717, 1.165) is 27.0 Å². The quantitative estimate of drug-likeness (QED) is 0.544. The van der Waals surface area contributed by atoms with E-state index in [4.69, 9.17) is 10.7 Å². The largest absolute Gasteiger partial charge is 0.398 e. The molecule has 0 unspecified atom stereocenters. The van der Waals surface area contributed by atoms with E-state index in [1.54, 1.807) is 11.3 Å². The Balaban J connectivity index is 1.62. The second-order valence-electron chi connectivity index (χ2n) is 7.07. The summed E-state index contributed by atoms with van der Waals surface area (Å²) in [4.78, 5) is 19.2. The Hall–Kier alpha value is -2.24. The number of nitrogens with zero attached hydrogens (tertiary/aromatic N) is 1. The fraction of sp³-hybridized carbons (Fsp3) is 0.182. The van der Waals surface area contributed by atoms with Crippen LogP contribution in [0.5, 0.6) is 0 Å². The summed E-state index contributed by atoms with van der Waals surface area (Å²) in [5, 5.41) is 2.07. The summed E-state index contributed by atoms with van der Waals surface area (Å²) in [6, 6.07) is 13.8. The molecule has 2 heterocycles. The number of thiophene rings is 1. The van der Waals surface area contributed by atoms with Gasteiger partial charge in [0.2, 0.25) is 0 Å². The van der Waals surface area contributed by atoms with Gasteiger partial charge < -0.3 is 5.73 Å². The molecule has 1 aromatic carbocycles. The topological polar surface area (TPSA) is 56.0 Å². The number of rotatable bonds is 4. The lowest BCUT2D eigenvalue weighted by Crippen LogP contribution is -2.08. The summed E-state index contributed by atoms with van der Waals surface area (Å²) in [6.45, 7) is 0. The zero-order valence-corrected chi connectivity index (χ0v) is 16.9. The van der Waals surface area contributed by atoms with E-state index in [-0.39, 0.29) is 5.78 Å². The summed E-state index contributed by atoms with van der Waals surface area (Å²) in [5.41, 5.74) is 12.6. The molecule has 0 atom stereocenters. The van der Waals surface area contributed by atoms with Crippen molar-refractivity contribution in [1.29, 1.82) is 0 Å². The van der Waals surface area contributed by atoms with Gasteiger partial charge in [0.25, 0.3) is 0 Å². The van der Waals surface area contributed by atoms with Gasteiger partial charge in [0, 0.05) is 55.3 Å². The van der Waals surface area contributed by atoms with Crippen LogP contribution in [-0.4, -0.2) is 10.8 Å². The predicted octanol–water partition coefficient (Wildman–Crippen LogP) is 5.56. The zero-order chi connectivity index (χ0) is 18.5. The minimum absolute atomic E-state index is 0.0110. The van der Waals surface area contributed by atoms with Crippen molar-refractivity contribution in [2.24, 2.45) is 5.73 Å². The van der Waals surface area contributed by atoms with Gasteiger partial charge in [0.15, 0.2) is 5.78 Å². The molecule has 0 saturated heterocycles. The average Bonchev–Trinajstić information content (AvgIpc) is 3.28. The molecule has 1 fully saturated rings. The van der Waals surface area contributed by atoms with E-state index < -0.39 is 0 Å². The molecule has 0 spiro atoms. The van der Waals surface area contributed by atoms with E-state index in [1.807, 2.05) is 30.3 Å². The molecule has 2 aromatic heterocycles. The Labute approximate surface area is 170 Å². The molecule has 5 rings (SSSR count). The Morgan fingerprint density at radius 1 is 1.19 bits per heavy atom. The smallest absolute Gasteiger partial charge is 0.191 e. The first-order valence-corrected chi connectivity index (χ1v) is 10.7. The van der Waals surface area contributed by atoms with Crippen molar-refractivity contribution >= 4 is 38.7 Å². The second-order valence-corrected chi connectivity index (χ2v) is 8.94. The van der Waals surface area contributed by atoms with E-state index in [0.29, 0.717) is 29.2 Å². The Morgan fingerprint density at radius 2 is 1.96 bits per heavy atom. The van der Waals surface area contributed by atoms with E-state index in [9.17, 15) is 4.79 Å². The number of benzene rings is 1. The SMILES string of the molecule is NC1=C(C(=O)c2ccc(Br)cc2)Cc2nc(C3CC3)cc(-c3cccs3)c21. The fourth-order valence-electron chi connectivity index (χ4n) is 3.65. The van der Waals surface area contributed by atoms with Crippen LogP contribution in [0.3, 0.4) is 0 Å². The maximum atomic E-state index is 13.1. The van der Waals surface area contributed by atoms with Gasteiger partial charge in [0.1, 0.15) is 0 Å². The normalized spacial score (nSPS) is 15.9. The molecule has 0 radical (unpaired) electrons. The van der Waals surface area contributed by atoms with E-state index in [2.05, 4.69) is 33.4 Å². The molecule has 2 N–H and O–H groups in total. The van der Waals surface area contributed by atoms with Crippen molar-refractivity contribution < 1.29 is 4.79 Å². The van der Waals surface area contributed by atoms with Crippen LogP contribution in [0, 0.1) is 0 Å². The minimum Gasteiger partial charge on any atom is -0.398 e. The lowest BCUT2D eigenvalue weighted by molar-refractivity contribution is 0.103. The molecular weight excluding hydrogens is 420 g/mol. The maximum Gasteiger partial charge on any atom is 0.191 e. The summed E-state index contributed by atoms with van der Waals surface area (Å²) < 4.78 is 0.950. The molecular formula is C22H17BrN2OS. The standard InChI is InChI=1S/C22H17BrN2OS/c23-14-7-5-13(6-8-14)22(26)16-11-18-20(21(16)24)15(19-2-1-9-27-19)10-17(25-18)12-3-4-12/h1-2,5-10,12H,3-4,11,24H2. The molecule has 2 aliphatic rings. The molecule has 0 bridgehead atoms. The van der Waals surface area contributed by atoms with Crippen LogP contribution in [0.2, 0.25) is 0 Å². The number of ketones is 1. The number of allylic oxidation sites excluding steroid dienone is 1. The first kappa shape index (κ1) is 16.9. The number of Topliss-reactive ketones (excluding diaryl/α,β-unsaturated/α-hetero) is 1. The zero-order valence-electron chi connectivity index (χ0n) is 14.5. The maximum absolute atomic E-state index is 13.1. The van der Waals surface area contributed by atoms with E-state index in [1.165, 1.54) is 17.7 Å². The Bertz CT molecular complexity index is 1080. The summed E-state index contributed by atoms with van der Waals surface area (Å²) in [6.07, 6.45) is 2.90. The van der Waals surface area contributed by atoms with Crippen molar-refractivity contribution in [3.05, 3.63) is 80.4 Å². The summed E-state index contributed by atoms with van der Waals surface area (Å²) in [7, 11) is 0. The van der Waals surface area contributed by atoms with Gasteiger partial charge in [-0.05, 0) is 54.6 Å². The molecule has 5 heteroatoms. The average molecular weight is 437 g/mol. The number of aromatic nitrogens is 1. The first-order chi connectivity index (χ1) is 13.1. The summed E-state index contributed by atoms with van der Waals surface area (Å²) in [5.74, 6) is 0.546. The van der Waals surface area contributed by atoms with Crippen molar-refractivity contribution in [1.82, 2.24) is 4.98 Å². The number of hydrogen-bond acceptors (Lipinski definition) is 4. The number of fused-ring (bicyclic) bond motifs is 1. The molecule has 27 heavy (non-hydrogen) atoms. The van der Waals surface area contributed by atoms with Crippen molar-refractivity contribution in [2.75, 3.05) is 0 Å². The van der Waals surface area contributed by atoms with Gasteiger partial charge in [0.05, 0.1) is 5.69 Å². The lowest BCUT2D eigenvalue weighted by atomic mass is 10.0. The van der Waals surface area contributed by atoms with Crippen LogP contribution < -0.4 is 5.73 Å². The van der Waals surface area contributed by atoms with Crippen molar-refractivity contribution in [3.8, 4) is 10.4 Å². The highest BCUT2D eigenvalue weighted by Crippen LogP contribution is 2.45. The van der Waals surface area contributed by atoms with Gasteiger partial charge in [-0.1, -0.05) is 22.0 Å². The Kier molecular flexibility index (Phi) is 4.02. The van der Waals surface area contributed by atoms with Gasteiger partial charge in [-0.15, -0.1) is 11.3 Å². The molecule has 1 saturated carbocycles. The van der Waals surface area contributed by atoms with E-state index >= 15 is 0 Å². The Morgan fingerprint density at radius 3 is 2.63 bits per heavy atom.